The molecule has 9 nitrogen and oxygen atoms in total. The third-order valence-corrected chi connectivity index (χ3v) is 7.81. The van der Waals surface area contributed by atoms with Gasteiger partial charge in [0.05, 0.1) is 33.0 Å². The molecule has 0 spiro atoms. The summed E-state index contributed by atoms with van der Waals surface area (Å²) in [6.07, 6.45) is 1.30. The van der Waals surface area contributed by atoms with Crippen molar-refractivity contribution in [3.05, 3.63) is 101 Å². The van der Waals surface area contributed by atoms with Crippen molar-refractivity contribution in [1.29, 1.82) is 0 Å². The van der Waals surface area contributed by atoms with Crippen LogP contribution in [0.4, 0.5) is 4.79 Å². The van der Waals surface area contributed by atoms with E-state index in [4.69, 9.17) is 23.7 Å². The van der Waals surface area contributed by atoms with Gasteiger partial charge in [-0.05, 0) is 45.4 Å². The standard InChI is InChI=1S/C35H39NO8/c1-40-16-17-41-18-19-42-21-26(37)22-43-34(38)33(20-25-15-14-24-8-2-3-9-27(24)25)36-35(39)44-23-32-30-12-6-4-10-28(30)29-11-5-7-13-31(29)32/h2-13,15,26,32-33,37H,14,16-23H2,1H3,(H,36,39). The van der Waals surface area contributed by atoms with Gasteiger partial charge in [-0.25, -0.2) is 9.59 Å². The lowest BCUT2D eigenvalue weighted by Crippen LogP contribution is -2.43. The number of esters is 1. The minimum atomic E-state index is -1.03. The molecule has 0 saturated heterocycles. The van der Waals surface area contributed by atoms with E-state index in [1.807, 2.05) is 48.5 Å². The van der Waals surface area contributed by atoms with E-state index < -0.39 is 24.2 Å². The number of amides is 1. The zero-order valence-corrected chi connectivity index (χ0v) is 24.9. The lowest BCUT2D eigenvalue weighted by atomic mass is 9.98. The summed E-state index contributed by atoms with van der Waals surface area (Å²) in [6, 6.07) is 23.2. The van der Waals surface area contributed by atoms with Crippen LogP contribution in [-0.2, 0) is 34.9 Å². The zero-order chi connectivity index (χ0) is 30.7. The molecule has 3 aromatic carbocycles. The molecule has 232 valence electrons. The number of hydrogen-bond acceptors (Lipinski definition) is 8. The van der Waals surface area contributed by atoms with Crippen LogP contribution in [0.1, 0.15) is 34.6 Å². The molecule has 2 atom stereocenters. The minimum absolute atomic E-state index is 0.0239. The molecule has 0 bridgehead atoms. The number of benzene rings is 3. The summed E-state index contributed by atoms with van der Waals surface area (Å²) < 4.78 is 26.8. The molecule has 44 heavy (non-hydrogen) atoms. The number of carbonyl (C=O) groups is 2. The van der Waals surface area contributed by atoms with E-state index in [0.29, 0.717) is 19.8 Å². The Bertz CT molecular complexity index is 1410. The van der Waals surface area contributed by atoms with E-state index in [1.165, 1.54) is 0 Å². The van der Waals surface area contributed by atoms with Crippen LogP contribution in [-0.4, -0.2) is 82.7 Å². The fourth-order valence-electron chi connectivity index (χ4n) is 5.65. The van der Waals surface area contributed by atoms with E-state index in [0.717, 1.165) is 45.4 Å². The summed E-state index contributed by atoms with van der Waals surface area (Å²) in [5.74, 6) is -0.769. The first-order valence-corrected chi connectivity index (χ1v) is 14.9. The number of allylic oxidation sites excluding steroid dienone is 1. The van der Waals surface area contributed by atoms with Gasteiger partial charge < -0.3 is 34.1 Å². The Morgan fingerprint density at radius 2 is 1.45 bits per heavy atom. The first kappa shape index (κ1) is 31.4. The first-order chi connectivity index (χ1) is 21.5. The molecule has 2 N–H and O–H groups in total. The summed E-state index contributed by atoms with van der Waals surface area (Å²) in [6.45, 7) is 1.42. The van der Waals surface area contributed by atoms with Crippen molar-refractivity contribution >= 4 is 17.6 Å². The van der Waals surface area contributed by atoms with Gasteiger partial charge in [0.2, 0.25) is 0 Å². The Morgan fingerprint density at radius 1 is 0.818 bits per heavy atom. The van der Waals surface area contributed by atoms with Crippen molar-refractivity contribution < 1.29 is 38.4 Å². The average molecular weight is 602 g/mol. The summed E-state index contributed by atoms with van der Waals surface area (Å²) in [5, 5.41) is 13.0. The van der Waals surface area contributed by atoms with Crippen LogP contribution in [0.15, 0.2) is 78.9 Å². The summed E-state index contributed by atoms with van der Waals surface area (Å²) in [5.41, 5.74) is 7.61. The van der Waals surface area contributed by atoms with E-state index in [9.17, 15) is 14.7 Å². The second-order valence-corrected chi connectivity index (χ2v) is 10.8. The maximum Gasteiger partial charge on any atom is 0.407 e. The molecule has 2 aliphatic carbocycles. The largest absolute Gasteiger partial charge is 0.461 e. The lowest BCUT2D eigenvalue weighted by molar-refractivity contribution is -0.150. The van der Waals surface area contributed by atoms with Crippen molar-refractivity contribution in [2.75, 3.05) is 53.4 Å². The number of nitrogens with one attached hydrogen (secondary N) is 1. The number of fused-ring (bicyclic) bond motifs is 4. The number of methoxy groups -OCH3 is 1. The summed E-state index contributed by atoms with van der Waals surface area (Å²) in [7, 11) is 1.60. The predicted octanol–water partition coefficient (Wildman–Crippen LogP) is 4.51. The van der Waals surface area contributed by atoms with Crippen LogP contribution in [0.2, 0.25) is 0 Å². The highest BCUT2D eigenvalue weighted by molar-refractivity contribution is 5.85. The third kappa shape index (κ3) is 7.92. The third-order valence-electron chi connectivity index (χ3n) is 7.81. The van der Waals surface area contributed by atoms with E-state index in [1.54, 1.807) is 7.11 Å². The molecule has 2 aliphatic rings. The molecule has 3 aromatic rings. The molecule has 0 aliphatic heterocycles. The fourth-order valence-corrected chi connectivity index (χ4v) is 5.65. The van der Waals surface area contributed by atoms with Gasteiger partial charge in [0.25, 0.3) is 0 Å². The van der Waals surface area contributed by atoms with Gasteiger partial charge in [0.1, 0.15) is 25.4 Å². The van der Waals surface area contributed by atoms with Crippen LogP contribution in [0.5, 0.6) is 0 Å². The van der Waals surface area contributed by atoms with Gasteiger partial charge in [0, 0.05) is 19.4 Å². The Kier molecular flexibility index (Phi) is 11.2. The molecular formula is C35H39NO8. The van der Waals surface area contributed by atoms with Crippen LogP contribution < -0.4 is 5.32 Å². The van der Waals surface area contributed by atoms with Crippen molar-refractivity contribution in [2.24, 2.45) is 0 Å². The lowest BCUT2D eigenvalue weighted by Gasteiger charge is -2.21. The monoisotopic (exact) mass is 601 g/mol. The maximum atomic E-state index is 13.2. The van der Waals surface area contributed by atoms with Crippen molar-refractivity contribution in [3.63, 3.8) is 0 Å². The number of alkyl carbamates (subject to hydrolysis) is 1. The molecule has 0 saturated carbocycles. The number of carbonyl (C=O) groups excluding carboxylic acids is 2. The molecule has 2 unspecified atom stereocenters. The Hall–Kier alpha value is -4.02. The Balaban J connectivity index is 1.18. The highest BCUT2D eigenvalue weighted by atomic mass is 16.6. The predicted molar refractivity (Wildman–Crippen MR) is 165 cm³/mol. The smallest absolute Gasteiger partial charge is 0.407 e. The second-order valence-electron chi connectivity index (χ2n) is 10.8. The number of ether oxygens (including phenoxy) is 5. The van der Waals surface area contributed by atoms with Crippen molar-refractivity contribution in [1.82, 2.24) is 5.32 Å². The number of aliphatic hydroxyl groups excluding tert-OH is 1. The normalized spacial score (nSPS) is 14.6. The highest BCUT2D eigenvalue weighted by Gasteiger charge is 2.31. The Morgan fingerprint density at radius 3 is 2.18 bits per heavy atom. The van der Waals surface area contributed by atoms with Gasteiger partial charge in [-0.2, -0.15) is 0 Å². The molecule has 0 aromatic heterocycles. The van der Waals surface area contributed by atoms with Crippen LogP contribution >= 0.6 is 0 Å². The molecule has 9 heteroatoms. The minimum Gasteiger partial charge on any atom is -0.461 e. The van der Waals surface area contributed by atoms with Crippen LogP contribution in [0.3, 0.4) is 0 Å². The number of hydrogen-bond donors (Lipinski definition) is 2. The maximum absolute atomic E-state index is 13.2. The zero-order valence-electron chi connectivity index (χ0n) is 24.9. The van der Waals surface area contributed by atoms with Gasteiger partial charge in [-0.15, -0.1) is 0 Å². The SMILES string of the molecule is COCCOCCOCC(O)COC(=O)C(CC1=CCc2ccccc21)NC(=O)OCC1c2ccccc2-c2ccccc21. The quantitative estimate of drug-likeness (QED) is 0.182. The van der Waals surface area contributed by atoms with Gasteiger partial charge in [-0.3, -0.25) is 0 Å². The first-order valence-electron chi connectivity index (χ1n) is 14.9. The molecule has 5 rings (SSSR count). The molecule has 0 radical (unpaired) electrons. The molecule has 1 amide bonds. The molecular weight excluding hydrogens is 562 g/mol. The summed E-state index contributed by atoms with van der Waals surface area (Å²) in [4.78, 5) is 26.4. The van der Waals surface area contributed by atoms with E-state index >= 15 is 0 Å². The van der Waals surface area contributed by atoms with Crippen LogP contribution in [0.25, 0.3) is 16.7 Å². The summed E-state index contributed by atoms with van der Waals surface area (Å²) >= 11 is 0. The van der Waals surface area contributed by atoms with Gasteiger partial charge in [0.15, 0.2) is 0 Å². The van der Waals surface area contributed by atoms with E-state index in [-0.39, 0.29) is 38.8 Å². The van der Waals surface area contributed by atoms with E-state index in [2.05, 4.69) is 35.7 Å². The van der Waals surface area contributed by atoms with Crippen molar-refractivity contribution in [3.8, 4) is 11.1 Å². The molecule has 0 fully saturated rings. The Labute approximate surface area is 257 Å². The number of aliphatic hydroxyl groups is 1. The average Bonchev–Trinajstić information content (AvgIpc) is 3.60. The second kappa shape index (κ2) is 15.6. The van der Waals surface area contributed by atoms with Crippen molar-refractivity contribution in [2.45, 2.75) is 30.9 Å². The molecule has 0 heterocycles. The number of rotatable bonds is 16. The van der Waals surface area contributed by atoms with Gasteiger partial charge in [-0.1, -0.05) is 78.9 Å². The fraction of sp³-hybridized carbons (Fsp3) is 0.371. The topological polar surface area (TPSA) is 113 Å². The highest BCUT2D eigenvalue weighted by Crippen LogP contribution is 2.44. The van der Waals surface area contributed by atoms with Gasteiger partial charge >= 0.3 is 12.1 Å². The van der Waals surface area contributed by atoms with Crippen LogP contribution in [0, 0.1) is 0 Å².